The van der Waals surface area contributed by atoms with Gasteiger partial charge in [0.15, 0.2) is 0 Å². The highest BCUT2D eigenvalue weighted by Crippen LogP contribution is 2.34. The summed E-state index contributed by atoms with van der Waals surface area (Å²) in [5, 5.41) is 9.23. The maximum Gasteiger partial charge on any atom is 0.352 e. The summed E-state index contributed by atoms with van der Waals surface area (Å²) in [6.07, 6.45) is 2.76. The fourth-order valence-electron chi connectivity index (χ4n) is 2.77. The van der Waals surface area contributed by atoms with Crippen LogP contribution in [-0.4, -0.2) is 34.4 Å². The largest absolute Gasteiger partial charge is 0.477 e. The standard InChI is InChI=1S/C17H19FN2O4S/c1-2-19-11-14(9-16(19)17(21)22)25(23,24)20(13-7-8-13)10-12-5-3-4-6-15(12)18/h3-6,9,11,13H,2,7-8,10H2,1H3,(H,21,22). The Morgan fingerprint density at radius 3 is 2.56 bits per heavy atom. The fraction of sp³-hybridized carbons (Fsp3) is 0.353. The van der Waals surface area contributed by atoms with Gasteiger partial charge < -0.3 is 9.67 Å². The summed E-state index contributed by atoms with van der Waals surface area (Å²) in [4.78, 5) is 11.2. The van der Waals surface area contributed by atoms with Crippen molar-refractivity contribution < 1.29 is 22.7 Å². The summed E-state index contributed by atoms with van der Waals surface area (Å²) in [6.45, 7) is 2.01. The lowest BCUT2D eigenvalue weighted by molar-refractivity contribution is 0.0685. The Morgan fingerprint density at radius 1 is 1.36 bits per heavy atom. The van der Waals surface area contributed by atoms with Gasteiger partial charge in [-0.05, 0) is 31.9 Å². The van der Waals surface area contributed by atoms with Gasteiger partial charge in [0, 0.05) is 30.9 Å². The van der Waals surface area contributed by atoms with Crippen LogP contribution >= 0.6 is 0 Å². The molecular formula is C17H19FN2O4S. The first kappa shape index (κ1) is 17.6. The molecule has 1 fully saturated rings. The van der Waals surface area contributed by atoms with Crippen molar-refractivity contribution in [3.63, 3.8) is 0 Å². The molecule has 1 aromatic carbocycles. The van der Waals surface area contributed by atoms with Crippen molar-refractivity contribution in [2.45, 2.75) is 43.8 Å². The highest BCUT2D eigenvalue weighted by Gasteiger charge is 2.39. The summed E-state index contributed by atoms with van der Waals surface area (Å²) in [5.74, 6) is -1.64. The Balaban J connectivity index is 1.98. The lowest BCUT2D eigenvalue weighted by Crippen LogP contribution is -2.32. The molecule has 25 heavy (non-hydrogen) atoms. The number of hydrogen-bond donors (Lipinski definition) is 1. The number of carbonyl (C=O) groups is 1. The molecule has 8 heteroatoms. The van der Waals surface area contributed by atoms with E-state index in [1.807, 2.05) is 0 Å². The molecule has 0 unspecified atom stereocenters. The third-order valence-electron chi connectivity index (χ3n) is 4.28. The van der Waals surface area contributed by atoms with E-state index in [2.05, 4.69) is 0 Å². The maximum atomic E-state index is 13.9. The third-order valence-corrected chi connectivity index (χ3v) is 6.14. The molecule has 0 spiro atoms. The van der Waals surface area contributed by atoms with E-state index >= 15 is 0 Å². The van der Waals surface area contributed by atoms with E-state index in [0.29, 0.717) is 24.9 Å². The molecule has 0 saturated heterocycles. The lowest BCUT2D eigenvalue weighted by atomic mass is 10.2. The third kappa shape index (κ3) is 3.45. The van der Waals surface area contributed by atoms with E-state index in [0.717, 1.165) is 6.07 Å². The van der Waals surface area contributed by atoms with Crippen LogP contribution in [0.25, 0.3) is 0 Å². The first-order valence-corrected chi connectivity index (χ1v) is 9.47. The molecule has 0 aliphatic heterocycles. The van der Waals surface area contributed by atoms with Gasteiger partial charge in [0.1, 0.15) is 16.4 Å². The van der Waals surface area contributed by atoms with Crippen LogP contribution < -0.4 is 0 Å². The zero-order chi connectivity index (χ0) is 18.2. The van der Waals surface area contributed by atoms with E-state index in [4.69, 9.17) is 0 Å². The summed E-state index contributed by atoms with van der Waals surface area (Å²) in [5.41, 5.74) is 0.217. The van der Waals surface area contributed by atoms with E-state index in [-0.39, 0.29) is 23.2 Å². The molecule has 0 bridgehead atoms. The molecule has 1 aromatic heterocycles. The van der Waals surface area contributed by atoms with Crippen LogP contribution in [-0.2, 0) is 23.1 Å². The van der Waals surface area contributed by atoms with Crippen molar-refractivity contribution in [3.8, 4) is 0 Å². The maximum absolute atomic E-state index is 13.9. The Bertz CT molecular complexity index is 903. The predicted molar refractivity (Wildman–Crippen MR) is 89.2 cm³/mol. The number of rotatable bonds is 7. The van der Waals surface area contributed by atoms with E-state index < -0.39 is 21.8 Å². The molecule has 0 atom stereocenters. The minimum absolute atomic E-state index is 0.0701. The SMILES string of the molecule is CCn1cc(S(=O)(=O)N(Cc2ccccc2F)C2CC2)cc1C(=O)O. The number of benzene rings is 1. The van der Waals surface area contributed by atoms with Gasteiger partial charge in [0.25, 0.3) is 0 Å². The Labute approximate surface area is 145 Å². The van der Waals surface area contributed by atoms with Gasteiger partial charge in [-0.2, -0.15) is 4.31 Å². The quantitative estimate of drug-likeness (QED) is 0.817. The number of halogens is 1. The number of aryl methyl sites for hydroxylation is 1. The van der Waals surface area contributed by atoms with Gasteiger partial charge in [0.05, 0.1) is 0 Å². The fourth-order valence-corrected chi connectivity index (χ4v) is 4.47. The van der Waals surface area contributed by atoms with Crippen molar-refractivity contribution in [2.24, 2.45) is 0 Å². The van der Waals surface area contributed by atoms with Gasteiger partial charge in [-0.25, -0.2) is 17.6 Å². The van der Waals surface area contributed by atoms with Crippen LogP contribution in [0, 0.1) is 5.82 Å². The second-order valence-electron chi connectivity index (χ2n) is 6.03. The summed E-state index contributed by atoms with van der Waals surface area (Å²) < 4.78 is 42.7. The highest BCUT2D eigenvalue weighted by molar-refractivity contribution is 7.89. The molecule has 134 valence electrons. The topological polar surface area (TPSA) is 79.6 Å². The van der Waals surface area contributed by atoms with E-state index in [1.165, 1.54) is 21.1 Å². The minimum atomic E-state index is -3.92. The number of hydrogen-bond acceptors (Lipinski definition) is 3. The van der Waals surface area contributed by atoms with Gasteiger partial charge >= 0.3 is 5.97 Å². The van der Waals surface area contributed by atoms with Crippen molar-refractivity contribution >= 4 is 16.0 Å². The number of sulfonamides is 1. The molecule has 1 N–H and O–H groups in total. The minimum Gasteiger partial charge on any atom is -0.477 e. The molecule has 1 aliphatic carbocycles. The van der Waals surface area contributed by atoms with Gasteiger partial charge in [-0.3, -0.25) is 0 Å². The Hall–Kier alpha value is -2.19. The average Bonchev–Trinajstić information content (AvgIpc) is 3.29. The molecule has 1 heterocycles. The molecular weight excluding hydrogens is 347 g/mol. The second-order valence-corrected chi connectivity index (χ2v) is 7.92. The van der Waals surface area contributed by atoms with Crippen LogP contribution in [0.3, 0.4) is 0 Å². The normalized spacial score (nSPS) is 14.8. The van der Waals surface area contributed by atoms with E-state index in [1.54, 1.807) is 25.1 Å². The number of aromatic nitrogens is 1. The average molecular weight is 366 g/mol. The van der Waals surface area contributed by atoms with Crippen LogP contribution in [0.4, 0.5) is 4.39 Å². The van der Waals surface area contributed by atoms with Crippen LogP contribution in [0.1, 0.15) is 35.8 Å². The van der Waals surface area contributed by atoms with Crippen molar-refractivity contribution in [2.75, 3.05) is 0 Å². The molecule has 2 aromatic rings. The molecule has 1 saturated carbocycles. The Kier molecular flexibility index (Phi) is 4.66. The number of carboxylic acids is 1. The highest BCUT2D eigenvalue weighted by atomic mass is 32.2. The van der Waals surface area contributed by atoms with Crippen LogP contribution in [0.15, 0.2) is 41.4 Å². The first-order valence-electron chi connectivity index (χ1n) is 8.03. The van der Waals surface area contributed by atoms with Gasteiger partial charge in [-0.1, -0.05) is 18.2 Å². The summed E-state index contributed by atoms with van der Waals surface area (Å²) in [6, 6.07) is 7.05. The molecule has 1 aliphatic rings. The lowest BCUT2D eigenvalue weighted by Gasteiger charge is -2.21. The van der Waals surface area contributed by atoms with Crippen LogP contribution in [0.5, 0.6) is 0 Å². The van der Waals surface area contributed by atoms with Crippen molar-refractivity contribution in [1.29, 1.82) is 0 Å². The number of aromatic carboxylic acids is 1. The smallest absolute Gasteiger partial charge is 0.352 e. The van der Waals surface area contributed by atoms with E-state index in [9.17, 15) is 22.7 Å². The predicted octanol–water partition coefficient (Wildman–Crippen LogP) is 2.70. The monoisotopic (exact) mass is 366 g/mol. The van der Waals surface area contributed by atoms with Crippen molar-refractivity contribution in [3.05, 3.63) is 53.6 Å². The summed E-state index contributed by atoms with van der Waals surface area (Å²) >= 11 is 0. The first-order chi connectivity index (χ1) is 11.8. The van der Waals surface area contributed by atoms with Gasteiger partial charge in [-0.15, -0.1) is 0 Å². The molecule has 0 amide bonds. The Morgan fingerprint density at radius 2 is 2.04 bits per heavy atom. The molecule has 3 rings (SSSR count). The molecule has 0 radical (unpaired) electrons. The second kappa shape index (κ2) is 6.61. The summed E-state index contributed by atoms with van der Waals surface area (Å²) in [7, 11) is -3.92. The zero-order valence-corrected chi connectivity index (χ0v) is 14.5. The van der Waals surface area contributed by atoms with Gasteiger partial charge in [0.2, 0.25) is 10.0 Å². The van der Waals surface area contributed by atoms with Crippen LogP contribution in [0.2, 0.25) is 0 Å². The van der Waals surface area contributed by atoms with Crippen molar-refractivity contribution in [1.82, 2.24) is 8.87 Å². The number of carboxylic acid groups (broad SMARTS) is 1. The number of nitrogens with zero attached hydrogens (tertiary/aromatic N) is 2. The molecule has 6 nitrogen and oxygen atoms in total. The zero-order valence-electron chi connectivity index (χ0n) is 13.7.